The highest BCUT2D eigenvalue weighted by molar-refractivity contribution is 6.09. The number of nitrogens with two attached hydrogens (primary N) is 3. The third-order valence-electron chi connectivity index (χ3n) is 5.24. The Hall–Kier alpha value is -3.40. The lowest BCUT2D eigenvalue weighted by atomic mass is 10.0. The molecule has 1 aromatic carbocycles. The van der Waals surface area contributed by atoms with E-state index < -0.39 is 11.8 Å². The minimum atomic E-state index is -0.550. The van der Waals surface area contributed by atoms with Crippen LogP contribution in [0, 0.1) is 5.82 Å². The van der Waals surface area contributed by atoms with Gasteiger partial charge >= 0.3 is 6.03 Å². The smallest absolute Gasteiger partial charge is 0.315 e. The maximum absolute atomic E-state index is 14.7. The van der Waals surface area contributed by atoms with E-state index in [9.17, 15) is 9.18 Å². The highest BCUT2D eigenvalue weighted by atomic mass is 19.1. The van der Waals surface area contributed by atoms with E-state index in [1.54, 1.807) is 19.3 Å². The van der Waals surface area contributed by atoms with Crippen LogP contribution in [0.25, 0.3) is 5.57 Å². The van der Waals surface area contributed by atoms with Crippen LogP contribution in [0.3, 0.4) is 0 Å². The fourth-order valence-corrected chi connectivity index (χ4v) is 3.57. The number of aliphatic imine (C=N–C) groups is 2. The molecule has 1 fully saturated rings. The molecule has 9 nitrogen and oxygen atoms in total. The van der Waals surface area contributed by atoms with Gasteiger partial charge in [0.2, 0.25) is 0 Å². The second-order valence-corrected chi connectivity index (χ2v) is 7.34. The van der Waals surface area contributed by atoms with Crippen molar-refractivity contribution in [3.8, 4) is 0 Å². The first-order chi connectivity index (χ1) is 14.9. The molecule has 0 aliphatic carbocycles. The molecule has 2 amide bonds. The SMILES string of the molecule is CN=CC(=CN)c1ccc(N=C(N)C2=C(N[C@H]3CCOC3)CCN(C(N)=O)C2)c(F)c1. The third kappa shape index (κ3) is 5.40. The van der Waals surface area contributed by atoms with Gasteiger partial charge in [-0.2, -0.15) is 0 Å². The lowest BCUT2D eigenvalue weighted by Crippen LogP contribution is -2.45. The van der Waals surface area contributed by atoms with E-state index >= 15 is 0 Å². The predicted octanol–water partition coefficient (Wildman–Crippen LogP) is 1.23. The standard InChI is InChI=1S/C21H28FN7O2/c1-26-10-14(9-23)13-2-3-19(17(22)8-13)28-20(24)16-11-29(21(25)30)6-4-18(16)27-15-5-7-31-12-15/h2-3,8-10,15,27H,4-7,11-12,23H2,1H3,(H2,24,28)(H2,25,30)/t15-/m0/s1. The fraction of sp³-hybridized carbons (Fsp3) is 0.381. The average molecular weight is 430 g/mol. The van der Waals surface area contributed by atoms with Crippen LogP contribution in [0.1, 0.15) is 18.4 Å². The van der Waals surface area contributed by atoms with Crippen LogP contribution in [0.15, 0.2) is 45.7 Å². The summed E-state index contributed by atoms with van der Waals surface area (Å²) in [6.45, 7) is 1.96. The van der Waals surface area contributed by atoms with Crippen LogP contribution in [0.2, 0.25) is 0 Å². The van der Waals surface area contributed by atoms with Crippen LogP contribution in [-0.4, -0.2) is 62.4 Å². The molecular weight excluding hydrogens is 401 g/mol. The Morgan fingerprint density at radius 3 is 2.81 bits per heavy atom. The molecule has 0 radical (unpaired) electrons. The molecule has 166 valence electrons. The molecule has 2 heterocycles. The molecule has 0 spiro atoms. The van der Waals surface area contributed by atoms with Crippen LogP contribution in [0.5, 0.6) is 0 Å². The molecule has 7 N–H and O–H groups in total. The molecule has 1 saturated heterocycles. The maximum Gasteiger partial charge on any atom is 0.315 e. The summed E-state index contributed by atoms with van der Waals surface area (Å²) in [5.74, 6) is -0.421. The van der Waals surface area contributed by atoms with Crippen LogP contribution in [-0.2, 0) is 4.74 Å². The second-order valence-electron chi connectivity index (χ2n) is 7.34. The summed E-state index contributed by atoms with van der Waals surface area (Å²) in [7, 11) is 1.61. The van der Waals surface area contributed by atoms with E-state index in [1.165, 1.54) is 23.2 Å². The third-order valence-corrected chi connectivity index (χ3v) is 5.24. The number of benzene rings is 1. The molecule has 2 aliphatic rings. The number of rotatable bonds is 6. The molecule has 2 aliphatic heterocycles. The molecule has 0 aromatic heterocycles. The Labute approximate surface area is 180 Å². The minimum Gasteiger partial charge on any atom is -0.404 e. The number of urea groups is 1. The number of hydrogen-bond donors (Lipinski definition) is 4. The number of allylic oxidation sites excluding steroid dienone is 1. The van der Waals surface area contributed by atoms with Crippen molar-refractivity contribution in [1.82, 2.24) is 10.2 Å². The van der Waals surface area contributed by atoms with Gasteiger partial charge in [0, 0.05) is 55.9 Å². The van der Waals surface area contributed by atoms with Crippen molar-refractivity contribution >= 4 is 29.3 Å². The Morgan fingerprint density at radius 1 is 1.39 bits per heavy atom. The molecule has 0 bridgehead atoms. The molecule has 10 heteroatoms. The van der Waals surface area contributed by atoms with E-state index in [2.05, 4.69) is 15.3 Å². The monoisotopic (exact) mass is 429 g/mol. The molecular formula is C21H28FN7O2. The van der Waals surface area contributed by atoms with Crippen LogP contribution < -0.4 is 22.5 Å². The summed E-state index contributed by atoms with van der Waals surface area (Å²) >= 11 is 0. The molecule has 3 rings (SSSR count). The number of halogens is 1. The number of nitrogens with zero attached hydrogens (tertiary/aromatic N) is 3. The van der Waals surface area contributed by atoms with E-state index in [0.29, 0.717) is 42.9 Å². The lowest BCUT2D eigenvalue weighted by molar-refractivity contribution is 0.190. The number of carbonyl (C=O) groups excluding carboxylic acids is 1. The Morgan fingerprint density at radius 2 is 2.19 bits per heavy atom. The average Bonchev–Trinajstić information content (AvgIpc) is 3.26. The van der Waals surface area contributed by atoms with Gasteiger partial charge in [-0.25, -0.2) is 14.2 Å². The van der Waals surface area contributed by atoms with Crippen molar-refractivity contribution in [1.29, 1.82) is 0 Å². The predicted molar refractivity (Wildman–Crippen MR) is 119 cm³/mol. The molecule has 0 unspecified atom stereocenters. The van der Waals surface area contributed by atoms with Crippen molar-refractivity contribution in [2.45, 2.75) is 18.9 Å². The number of carbonyl (C=O) groups is 1. The van der Waals surface area contributed by atoms with E-state index in [4.69, 9.17) is 21.9 Å². The Balaban J connectivity index is 1.91. The number of amides is 2. The zero-order chi connectivity index (χ0) is 22.4. The van der Waals surface area contributed by atoms with Gasteiger partial charge in [-0.3, -0.25) is 4.99 Å². The molecule has 1 atom stereocenters. The normalized spacial score (nSPS) is 20.6. The first-order valence-electron chi connectivity index (χ1n) is 10.0. The van der Waals surface area contributed by atoms with Gasteiger partial charge in [0.25, 0.3) is 0 Å². The van der Waals surface area contributed by atoms with Gasteiger partial charge in [-0.15, -0.1) is 0 Å². The van der Waals surface area contributed by atoms with Gasteiger partial charge in [0.1, 0.15) is 17.3 Å². The zero-order valence-electron chi connectivity index (χ0n) is 17.5. The number of nitrogens with one attached hydrogen (secondary N) is 1. The summed E-state index contributed by atoms with van der Waals surface area (Å²) in [6, 6.07) is 4.16. The van der Waals surface area contributed by atoms with Crippen molar-refractivity contribution < 1.29 is 13.9 Å². The topological polar surface area (TPSA) is 144 Å². The van der Waals surface area contributed by atoms with Crippen LogP contribution >= 0.6 is 0 Å². The second kappa shape index (κ2) is 10.1. The highest BCUT2D eigenvalue weighted by Gasteiger charge is 2.26. The number of ether oxygens (including phenoxy) is 1. The highest BCUT2D eigenvalue weighted by Crippen LogP contribution is 2.25. The largest absolute Gasteiger partial charge is 0.404 e. The quantitative estimate of drug-likeness (QED) is 0.397. The molecule has 1 aromatic rings. The maximum atomic E-state index is 14.7. The summed E-state index contributed by atoms with van der Waals surface area (Å²) in [5.41, 5.74) is 20.1. The van der Waals surface area contributed by atoms with Crippen LogP contribution in [0.4, 0.5) is 14.9 Å². The Kier molecular flexibility index (Phi) is 7.24. The van der Waals surface area contributed by atoms with E-state index in [-0.39, 0.29) is 24.1 Å². The van der Waals surface area contributed by atoms with E-state index in [1.807, 2.05) is 0 Å². The number of amidine groups is 1. The lowest BCUT2D eigenvalue weighted by Gasteiger charge is -2.31. The van der Waals surface area contributed by atoms with Gasteiger partial charge < -0.3 is 32.2 Å². The van der Waals surface area contributed by atoms with Crippen molar-refractivity contribution in [2.24, 2.45) is 27.2 Å². The minimum absolute atomic E-state index is 0.0818. The van der Waals surface area contributed by atoms with Gasteiger partial charge in [0.15, 0.2) is 0 Å². The van der Waals surface area contributed by atoms with Crippen molar-refractivity contribution in [3.63, 3.8) is 0 Å². The number of primary amides is 1. The summed E-state index contributed by atoms with van der Waals surface area (Å²) in [6.07, 6.45) is 4.33. The fourth-order valence-electron chi connectivity index (χ4n) is 3.57. The summed E-state index contributed by atoms with van der Waals surface area (Å²) in [4.78, 5) is 21.4. The van der Waals surface area contributed by atoms with Gasteiger partial charge in [-0.1, -0.05) is 6.07 Å². The molecule has 0 saturated carbocycles. The first kappa shape index (κ1) is 22.3. The summed E-state index contributed by atoms with van der Waals surface area (Å²) in [5, 5.41) is 3.44. The molecule has 31 heavy (non-hydrogen) atoms. The van der Waals surface area contributed by atoms with Crippen molar-refractivity contribution in [2.75, 3.05) is 33.4 Å². The Bertz CT molecular complexity index is 949. The van der Waals surface area contributed by atoms with Gasteiger partial charge in [-0.05, 0) is 24.1 Å². The van der Waals surface area contributed by atoms with E-state index in [0.717, 1.165) is 12.1 Å². The summed E-state index contributed by atoms with van der Waals surface area (Å²) < 4.78 is 20.2. The zero-order valence-corrected chi connectivity index (χ0v) is 17.5. The first-order valence-corrected chi connectivity index (χ1v) is 10.0. The van der Waals surface area contributed by atoms with Gasteiger partial charge in [0.05, 0.1) is 19.2 Å². The number of hydrogen-bond acceptors (Lipinski definition) is 6. The van der Waals surface area contributed by atoms with Crippen molar-refractivity contribution in [3.05, 3.63) is 47.0 Å².